The van der Waals surface area contributed by atoms with Crippen molar-refractivity contribution in [3.63, 3.8) is 0 Å². The van der Waals surface area contributed by atoms with Crippen molar-refractivity contribution in [2.45, 2.75) is 25.9 Å². The molecule has 0 aliphatic rings. The largest absolute Gasteiger partial charge is 0.451 e. The molecule has 4 nitrogen and oxygen atoms in total. The average molecular weight is 483 g/mol. The van der Waals surface area contributed by atoms with E-state index in [1.54, 1.807) is 18.5 Å². The van der Waals surface area contributed by atoms with Crippen molar-refractivity contribution in [1.82, 2.24) is 9.97 Å². The van der Waals surface area contributed by atoms with Gasteiger partial charge in [0.25, 0.3) is 6.47 Å². The van der Waals surface area contributed by atoms with Gasteiger partial charge in [-0.2, -0.15) is 0 Å². The Kier molecular flexibility index (Phi) is 6.54. The third-order valence-corrected chi connectivity index (χ3v) is 6.33. The Morgan fingerprint density at radius 1 is 1.03 bits per heavy atom. The van der Waals surface area contributed by atoms with Crippen LogP contribution in [-0.2, 0) is 21.6 Å². The Morgan fingerprint density at radius 2 is 1.79 bits per heavy atom. The quantitative estimate of drug-likeness (QED) is 0.294. The number of aryl methyl sites for hydroxylation is 2. The Morgan fingerprint density at radius 3 is 2.52 bits per heavy atom. The molecule has 1 unspecified atom stereocenters. The smallest absolute Gasteiger partial charge is 0.294 e. The third-order valence-electron chi connectivity index (χ3n) is 5.80. The first-order valence-electron chi connectivity index (χ1n) is 10.3. The minimum absolute atomic E-state index is 0.00134. The molecule has 0 fully saturated rings. The molecule has 33 heavy (non-hydrogen) atoms. The molecule has 1 aromatic heterocycles. The number of halogens is 3. The number of ether oxygens (including phenoxy) is 1. The highest BCUT2D eigenvalue weighted by Gasteiger charge is 2.40. The molecule has 7 heteroatoms. The van der Waals surface area contributed by atoms with E-state index < -0.39 is 11.4 Å². The summed E-state index contributed by atoms with van der Waals surface area (Å²) in [6.45, 7) is 4.36. The lowest BCUT2D eigenvalue weighted by Gasteiger charge is -2.35. The third kappa shape index (κ3) is 4.39. The summed E-state index contributed by atoms with van der Waals surface area (Å²) >= 11 is 12.4. The molecule has 0 aliphatic carbocycles. The van der Waals surface area contributed by atoms with Crippen LogP contribution in [0, 0.1) is 19.7 Å². The number of hydrogen-bond donors (Lipinski definition) is 1. The summed E-state index contributed by atoms with van der Waals surface area (Å²) in [5, 5.41) is 0.527. The monoisotopic (exact) mass is 482 g/mol. The van der Waals surface area contributed by atoms with E-state index in [-0.39, 0.29) is 11.4 Å². The van der Waals surface area contributed by atoms with Gasteiger partial charge in [-0.05, 0) is 55.3 Å². The molecule has 4 aromatic rings. The van der Waals surface area contributed by atoms with Gasteiger partial charge in [-0.15, -0.1) is 0 Å². The highest BCUT2D eigenvalue weighted by molar-refractivity contribution is 6.31. The van der Waals surface area contributed by atoms with Crippen molar-refractivity contribution >= 4 is 29.7 Å². The molecule has 3 aromatic carbocycles. The van der Waals surface area contributed by atoms with Crippen LogP contribution < -0.4 is 0 Å². The van der Waals surface area contributed by atoms with Crippen molar-refractivity contribution in [2.24, 2.45) is 0 Å². The van der Waals surface area contributed by atoms with Gasteiger partial charge in [0.15, 0.2) is 5.60 Å². The van der Waals surface area contributed by atoms with Crippen LogP contribution >= 0.6 is 23.2 Å². The van der Waals surface area contributed by atoms with Gasteiger partial charge in [0, 0.05) is 33.8 Å². The number of nitrogens with zero attached hydrogens (tertiary/aromatic N) is 1. The maximum Gasteiger partial charge on any atom is 0.294 e. The maximum atomic E-state index is 13.8. The number of rotatable bonds is 7. The predicted molar refractivity (Wildman–Crippen MR) is 128 cm³/mol. The van der Waals surface area contributed by atoms with Gasteiger partial charge in [-0.1, -0.05) is 53.5 Å². The number of carbonyl (C=O) groups is 1. The standard InChI is InChI=1S/C26H21Cl2FN2O2/c1-16-5-3-4-6-20(16)26(33-15-32,21-12-19(27)9-7-17(21)2)13-24-25(31-14-30-24)18-8-10-23(29)22(28)11-18/h3-12,14-15H,13H2,1-2H3,(H,30,31). The molecule has 1 atom stereocenters. The fraction of sp³-hybridized carbons (Fsp3) is 0.154. The first kappa shape index (κ1) is 23.0. The fourth-order valence-electron chi connectivity index (χ4n) is 4.24. The second-order valence-electron chi connectivity index (χ2n) is 7.85. The molecule has 0 aliphatic heterocycles. The molecule has 1 heterocycles. The Hall–Kier alpha value is -3.15. The first-order valence-corrected chi connectivity index (χ1v) is 11.0. The second-order valence-corrected chi connectivity index (χ2v) is 8.69. The normalized spacial score (nSPS) is 12.9. The molecule has 4 rings (SSSR count). The Balaban J connectivity index is 1.95. The summed E-state index contributed by atoms with van der Waals surface area (Å²) in [5.74, 6) is -0.509. The summed E-state index contributed by atoms with van der Waals surface area (Å²) in [5.41, 5.74) is 4.18. The first-order chi connectivity index (χ1) is 15.9. The number of nitrogens with one attached hydrogen (secondary N) is 1. The Bertz CT molecular complexity index is 1320. The van der Waals surface area contributed by atoms with E-state index in [2.05, 4.69) is 9.97 Å². The van der Waals surface area contributed by atoms with E-state index in [4.69, 9.17) is 27.9 Å². The molecule has 0 spiro atoms. The number of H-pyrrole nitrogens is 1. The van der Waals surface area contributed by atoms with Crippen molar-refractivity contribution < 1.29 is 13.9 Å². The van der Waals surface area contributed by atoms with Crippen LogP contribution in [0.3, 0.4) is 0 Å². The zero-order valence-corrected chi connectivity index (χ0v) is 19.5. The average Bonchev–Trinajstić information content (AvgIpc) is 3.25. The van der Waals surface area contributed by atoms with Crippen LogP contribution in [0.2, 0.25) is 10.0 Å². The molecule has 0 amide bonds. The number of imidazole rings is 1. The Labute approximate surface area is 201 Å². The lowest BCUT2D eigenvalue weighted by atomic mass is 9.78. The van der Waals surface area contributed by atoms with E-state index in [0.717, 1.165) is 22.3 Å². The number of aromatic amines is 1. The van der Waals surface area contributed by atoms with E-state index in [9.17, 15) is 9.18 Å². The number of aromatic nitrogens is 2. The minimum atomic E-state index is -1.19. The molecule has 1 N–H and O–H groups in total. The summed E-state index contributed by atoms with van der Waals surface area (Å²) < 4.78 is 19.7. The zero-order valence-electron chi connectivity index (χ0n) is 18.0. The summed E-state index contributed by atoms with van der Waals surface area (Å²) in [6.07, 6.45) is 1.79. The molecule has 168 valence electrons. The van der Waals surface area contributed by atoms with Gasteiger partial charge in [-0.3, -0.25) is 4.79 Å². The molecule has 0 saturated heterocycles. The summed E-state index contributed by atoms with van der Waals surface area (Å²) in [4.78, 5) is 19.5. The number of carbonyl (C=O) groups excluding carboxylic acids is 1. The SMILES string of the molecule is Cc1ccccc1C(Cc1[nH]cnc1-c1ccc(F)c(Cl)c1)(OC=O)c1cc(Cl)ccc1C. The maximum absolute atomic E-state index is 13.8. The van der Waals surface area contributed by atoms with Gasteiger partial charge in [0.05, 0.1) is 17.0 Å². The van der Waals surface area contributed by atoms with Crippen molar-refractivity contribution in [1.29, 1.82) is 0 Å². The van der Waals surface area contributed by atoms with E-state index >= 15 is 0 Å². The van der Waals surface area contributed by atoms with Crippen LogP contribution in [-0.4, -0.2) is 16.4 Å². The van der Waals surface area contributed by atoms with Crippen molar-refractivity contribution in [3.05, 3.63) is 111 Å². The van der Waals surface area contributed by atoms with E-state index in [1.165, 1.54) is 12.1 Å². The highest BCUT2D eigenvalue weighted by Crippen LogP contribution is 2.42. The minimum Gasteiger partial charge on any atom is -0.451 e. The number of benzene rings is 3. The summed E-state index contributed by atoms with van der Waals surface area (Å²) in [6, 6.07) is 17.7. The summed E-state index contributed by atoms with van der Waals surface area (Å²) in [7, 11) is 0. The van der Waals surface area contributed by atoms with Gasteiger partial charge in [0.2, 0.25) is 0 Å². The topological polar surface area (TPSA) is 55.0 Å². The van der Waals surface area contributed by atoms with E-state index in [0.29, 0.717) is 28.4 Å². The van der Waals surface area contributed by atoms with Gasteiger partial charge in [-0.25, -0.2) is 9.37 Å². The molecule has 0 saturated carbocycles. The zero-order chi connectivity index (χ0) is 23.6. The lowest BCUT2D eigenvalue weighted by Crippen LogP contribution is -2.35. The molecule has 0 radical (unpaired) electrons. The van der Waals surface area contributed by atoms with Crippen molar-refractivity contribution in [3.8, 4) is 11.3 Å². The van der Waals surface area contributed by atoms with Gasteiger partial charge >= 0.3 is 0 Å². The van der Waals surface area contributed by atoms with Crippen LogP contribution in [0.1, 0.15) is 27.9 Å². The van der Waals surface area contributed by atoms with Crippen molar-refractivity contribution in [2.75, 3.05) is 0 Å². The second kappa shape index (κ2) is 9.38. The van der Waals surface area contributed by atoms with Crippen LogP contribution in [0.15, 0.2) is 67.0 Å². The van der Waals surface area contributed by atoms with Gasteiger partial charge < -0.3 is 9.72 Å². The highest BCUT2D eigenvalue weighted by atomic mass is 35.5. The van der Waals surface area contributed by atoms with Crippen LogP contribution in [0.4, 0.5) is 4.39 Å². The fourth-order valence-corrected chi connectivity index (χ4v) is 4.59. The number of hydrogen-bond acceptors (Lipinski definition) is 3. The molecular formula is C26H21Cl2FN2O2. The molecular weight excluding hydrogens is 462 g/mol. The van der Waals surface area contributed by atoms with Gasteiger partial charge in [0.1, 0.15) is 5.82 Å². The van der Waals surface area contributed by atoms with E-state index in [1.807, 2.05) is 50.2 Å². The predicted octanol–water partition coefficient (Wildman–Crippen LogP) is 6.80. The van der Waals surface area contributed by atoms with Crippen LogP contribution in [0.25, 0.3) is 11.3 Å². The van der Waals surface area contributed by atoms with Crippen LogP contribution in [0.5, 0.6) is 0 Å². The lowest BCUT2D eigenvalue weighted by molar-refractivity contribution is -0.140. The molecule has 0 bridgehead atoms.